The van der Waals surface area contributed by atoms with Gasteiger partial charge in [0.15, 0.2) is 0 Å². The van der Waals surface area contributed by atoms with E-state index in [2.05, 4.69) is 47.2 Å². The second-order valence-corrected chi connectivity index (χ2v) is 6.21. The van der Waals surface area contributed by atoms with Gasteiger partial charge in [-0.2, -0.15) is 0 Å². The Morgan fingerprint density at radius 2 is 1.84 bits per heavy atom. The molecule has 0 bridgehead atoms. The number of hydrogen-bond acceptors (Lipinski definition) is 1. The Kier molecular flexibility index (Phi) is 4.77. The van der Waals surface area contributed by atoms with Crippen molar-refractivity contribution in [3.63, 3.8) is 0 Å². The summed E-state index contributed by atoms with van der Waals surface area (Å²) >= 11 is 15.7. The van der Waals surface area contributed by atoms with Crippen LogP contribution in [0.5, 0.6) is 0 Å². The van der Waals surface area contributed by atoms with Gasteiger partial charge in [0.2, 0.25) is 0 Å². The summed E-state index contributed by atoms with van der Waals surface area (Å²) in [6, 6.07) is 11.9. The molecule has 19 heavy (non-hydrogen) atoms. The topological polar surface area (TPSA) is 12.0 Å². The number of hydrogen-bond donors (Lipinski definition) is 1. The molecule has 0 saturated carbocycles. The molecule has 2 rings (SSSR count). The van der Waals surface area contributed by atoms with Crippen molar-refractivity contribution in [2.24, 2.45) is 0 Å². The Labute approximate surface area is 132 Å². The van der Waals surface area contributed by atoms with Crippen LogP contribution in [0.25, 0.3) is 0 Å². The van der Waals surface area contributed by atoms with E-state index in [1.165, 1.54) is 5.56 Å². The smallest absolute Gasteiger partial charge is 0.0500 e. The molecular formula is C15H14BrCl2N. The summed E-state index contributed by atoms with van der Waals surface area (Å²) in [5.74, 6) is 0. The lowest BCUT2D eigenvalue weighted by molar-refractivity contribution is 0.883. The molecule has 1 unspecified atom stereocenters. The van der Waals surface area contributed by atoms with Crippen LogP contribution < -0.4 is 5.32 Å². The zero-order valence-electron chi connectivity index (χ0n) is 10.7. The second-order valence-electron chi connectivity index (χ2n) is 4.52. The highest BCUT2D eigenvalue weighted by atomic mass is 79.9. The van der Waals surface area contributed by atoms with E-state index in [0.29, 0.717) is 10.0 Å². The first-order chi connectivity index (χ1) is 8.97. The summed E-state index contributed by atoms with van der Waals surface area (Å²) in [6.45, 7) is 4.14. The maximum atomic E-state index is 6.23. The van der Waals surface area contributed by atoms with E-state index in [-0.39, 0.29) is 6.04 Å². The molecule has 0 fully saturated rings. The summed E-state index contributed by atoms with van der Waals surface area (Å²) in [4.78, 5) is 0. The van der Waals surface area contributed by atoms with Crippen molar-refractivity contribution in [2.75, 3.05) is 5.32 Å². The fourth-order valence-electron chi connectivity index (χ4n) is 1.91. The van der Waals surface area contributed by atoms with Gasteiger partial charge in [0.1, 0.15) is 0 Å². The van der Waals surface area contributed by atoms with Gasteiger partial charge in [-0.3, -0.25) is 0 Å². The van der Waals surface area contributed by atoms with Crippen LogP contribution in [0, 0.1) is 6.92 Å². The Balaban J connectivity index is 2.25. The standard InChI is InChI=1S/C15H14BrCl2N/c1-9-3-6-13(16)15(7-9)19-10(2)12-5-4-11(17)8-14(12)18/h3-8,10,19H,1-2H3. The Bertz CT molecular complexity index is 599. The molecule has 0 aliphatic rings. The van der Waals surface area contributed by atoms with Crippen LogP contribution in [-0.4, -0.2) is 0 Å². The van der Waals surface area contributed by atoms with Crippen LogP contribution in [0.1, 0.15) is 24.1 Å². The fraction of sp³-hybridized carbons (Fsp3) is 0.200. The first kappa shape index (κ1) is 14.7. The lowest BCUT2D eigenvalue weighted by atomic mass is 10.1. The van der Waals surface area contributed by atoms with Gasteiger partial charge in [0.05, 0.1) is 6.04 Å². The molecule has 2 aromatic carbocycles. The Morgan fingerprint density at radius 1 is 1.11 bits per heavy atom. The van der Waals surface area contributed by atoms with E-state index >= 15 is 0 Å². The molecule has 4 heteroatoms. The van der Waals surface area contributed by atoms with E-state index in [0.717, 1.165) is 15.7 Å². The summed E-state index contributed by atoms with van der Waals surface area (Å²) < 4.78 is 1.04. The van der Waals surface area contributed by atoms with Crippen molar-refractivity contribution in [3.8, 4) is 0 Å². The first-order valence-corrected chi connectivity index (χ1v) is 7.50. The molecular weight excluding hydrogens is 345 g/mol. The van der Waals surface area contributed by atoms with E-state index in [9.17, 15) is 0 Å². The van der Waals surface area contributed by atoms with E-state index in [1.807, 2.05) is 18.2 Å². The van der Waals surface area contributed by atoms with E-state index < -0.39 is 0 Å². The number of aryl methyl sites for hydroxylation is 1. The molecule has 1 N–H and O–H groups in total. The SMILES string of the molecule is Cc1ccc(Br)c(NC(C)c2ccc(Cl)cc2Cl)c1. The maximum Gasteiger partial charge on any atom is 0.0500 e. The van der Waals surface area contributed by atoms with Crippen molar-refractivity contribution >= 4 is 44.8 Å². The van der Waals surface area contributed by atoms with E-state index in [4.69, 9.17) is 23.2 Å². The van der Waals surface area contributed by atoms with Gasteiger partial charge >= 0.3 is 0 Å². The minimum Gasteiger partial charge on any atom is -0.378 e. The summed E-state index contributed by atoms with van der Waals surface area (Å²) in [5, 5.41) is 4.78. The van der Waals surface area contributed by atoms with Crippen molar-refractivity contribution in [3.05, 3.63) is 62.0 Å². The number of benzene rings is 2. The molecule has 0 heterocycles. The molecule has 0 saturated heterocycles. The van der Waals surface area contributed by atoms with Crippen LogP contribution in [0.4, 0.5) is 5.69 Å². The van der Waals surface area contributed by atoms with Crippen LogP contribution in [0.2, 0.25) is 10.0 Å². The quantitative estimate of drug-likeness (QED) is 0.684. The van der Waals surface area contributed by atoms with Crippen LogP contribution in [0.3, 0.4) is 0 Å². The van der Waals surface area contributed by atoms with Gasteiger partial charge < -0.3 is 5.32 Å². The highest BCUT2D eigenvalue weighted by Crippen LogP contribution is 2.31. The molecule has 1 nitrogen and oxygen atoms in total. The number of rotatable bonds is 3. The van der Waals surface area contributed by atoms with Crippen LogP contribution in [-0.2, 0) is 0 Å². The van der Waals surface area contributed by atoms with Gasteiger partial charge in [-0.1, -0.05) is 35.3 Å². The summed E-state index contributed by atoms with van der Waals surface area (Å²) in [5.41, 5.74) is 3.29. The van der Waals surface area contributed by atoms with Crippen molar-refractivity contribution in [1.82, 2.24) is 0 Å². The monoisotopic (exact) mass is 357 g/mol. The third-order valence-electron chi connectivity index (χ3n) is 2.92. The van der Waals surface area contributed by atoms with E-state index in [1.54, 1.807) is 6.07 Å². The van der Waals surface area contributed by atoms with Crippen molar-refractivity contribution in [2.45, 2.75) is 19.9 Å². The summed E-state index contributed by atoms with van der Waals surface area (Å²) in [6.07, 6.45) is 0. The third kappa shape index (κ3) is 3.65. The zero-order chi connectivity index (χ0) is 14.0. The molecule has 0 aromatic heterocycles. The molecule has 0 radical (unpaired) electrons. The molecule has 0 spiro atoms. The number of nitrogens with one attached hydrogen (secondary N) is 1. The van der Waals surface area contributed by atoms with Gasteiger partial charge in [0, 0.05) is 20.2 Å². The maximum absolute atomic E-state index is 6.23. The average molecular weight is 359 g/mol. The molecule has 0 aliphatic heterocycles. The van der Waals surface area contributed by atoms with Gasteiger partial charge in [-0.15, -0.1) is 0 Å². The van der Waals surface area contributed by atoms with Crippen LogP contribution >= 0.6 is 39.1 Å². The highest BCUT2D eigenvalue weighted by Gasteiger charge is 2.11. The average Bonchev–Trinajstić information content (AvgIpc) is 2.33. The Morgan fingerprint density at radius 3 is 2.53 bits per heavy atom. The lowest BCUT2D eigenvalue weighted by Gasteiger charge is -2.18. The minimum absolute atomic E-state index is 0.0999. The van der Waals surface area contributed by atoms with Gasteiger partial charge in [0.25, 0.3) is 0 Å². The Hall–Kier alpha value is -0.700. The molecule has 1 atom stereocenters. The second kappa shape index (κ2) is 6.17. The number of anilines is 1. The number of halogens is 3. The minimum atomic E-state index is 0.0999. The first-order valence-electron chi connectivity index (χ1n) is 5.95. The molecule has 100 valence electrons. The van der Waals surface area contributed by atoms with Crippen LogP contribution in [0.15, 0.2) is 40.9 Å². The highest BCUT2D eigenvalue weighted by molar-refractivity contribution is 9.10. The third-order valence-corrected chi connectivity index (χ3v) is 4.18. The van der Waals surface area contributed by atoms with Crippen molar-refractivity contribution in [1.29, 1.82) is 0 Å². The van der Waals surface area contributed by atoms with Gasteiger partial charge in [-0.25, -0.2) is 0 Å². The lowest BCUT2D eigenvalue weighted by Crippen LogP contribution is -2.07. The van der Waals surface area contributed by atoms with Crippen molar-refractivity contribution < 1.29 is 0 Å². The summed E-state index contributed by atoms with van der Waals surface area (Å²) in [7, 11) is 0. The normalized spacial score (nSPS) is 12.3. The molecule has 0 aliphatic carbocycles. The largest absolute Gasteiger partial charge is 0.378 e. The predicted molar refractivity (Wildman–Crippen MR) is 87.4 cm³/mol. The molecule has 0 amide bonds. The van der Waals surface area contributed by atoms with Gasteiger partial charge in [-0.05, 0) is 65.2 Å². The predicted octanol–water partition coefficient (Wildman–Crippen LogP) is 6.24. The fourth-order valence-corrected chi connectivity index (χ4v) is 2.85. The molecule has 2 aromatic rings. The zero-order valence-corrected chi connectivity index (χ0v) is 13.8.